The normalized spacial score (nSPS) is 28.0. The van der Waals surface area contributed by atoms with Crippen molar-refractivity contribution in [3.8, 4) is 0 Å². The van der Waals surface area contributed by atoms with Crippen molar-refractivity contribution in [1.29, 1.82) is 0 Å². The van der Waals surface area contributed by atoms with Crippen LogP contribution in [-0.2, 0) is 24.7 Å². The van der Waals surface area contributed by atoms with Crippen LogP contribution in [0.4, 0.5) is 0 Å². The van der Waals surface area contributed by atoms with Gasteiger partial charge in [-0.1, -0.05) is 0 Å². The Morgan fingerprint density at radius 2 is 1.81 bits per heavy atom. The number of carbonyl (C=O) groups excluding carboxylic acids is 1. The quantitative estimate of drug-likeness (QED) is 0.664. The van der Waals surface area contributed by atoms with Crippen LogP contribution in [-0.4, -0.2) is 75.9 Å². The summed E-state index contributed by atoms with van der Waals surface area (Å²) in [4.78, 5) is 14.1. The molecule has 2 aliphatic heterocycles. The Labute approximate surface area is 126 Å². The molecule has 2 aliphatic rings. The molecular formula is C12H22N2O5S2. The highest BCUT2D eigenvalue weighted by atomic mass is 32.2. The average molecular weight is 338 g/mol. The van der Waals surface area contributed by atoms with Gasteiger partial charge in [0, 0.05) is 26.2 Å². The van der Waals surface area contributed by atoms with E-state index in [1.54, 1.807) is 4.90 Å². The first-order chi connectivity index (χ1) is 9.69. The maximum absolute atomic E-state index is 12.4. The zero-order chi connectivity index (χ0) is 15.7. The summed E-state index contributed by atoms with van der Waals surface area (Å²) in [5, 5.41) is 0. The van der Waals surface area contributed by atoms with Gasteiger partial charge in [0.25, 0.3) is 0 Å². The van der Waals surface area contributed by atoms with Crippen LogP contribution in [0.1, 0.15) is 19.3 Å². The molecule has 2 fully saturated rings. The van der Waals surface area contributed by atoms with Crippen molar-refractivity contribution in [2.24, 2.45) is 5.92 Å². The lowest BCUT2D eigenvalue weighted by Crippen LogP contribution is -2.43. The number of amides is 1. The largest absolute Gasteiger partial charge is 0.341 e. The van der Waals surface area contributed by atoms with Crippen LogP contribution in [0.3, 0.4) is 0 Å². The molecule has 0 aromatic heterocycles. The molecule has 1 unspecified atom stereocenters. The summed E-state index contributed by atoms with van der Waals surface area (Å²) in [5.41, 5.74) is 0. The molecule has 0 spiro atoms. The van der Waals surface area contributed by atoms with Crippen molar-refractivity contribution in [2.45, 2.75) is 19.3 Å². The van der Waals surface area contributed by atoms with Crippen LogP contribution in [0.5, 0.6) is 0 Å². The van der Waals surface area contributed by atoms with E-state index < -0.39 is 25.8 Å². The predicted molar refractivity (Wildman–Crippen MR) is 79.0 cm³/mol. The minimum Gasteiger partial charge on any atom is -0.341 e. The fraction of sp³-hybridized carbons (Fsp3) is 0.917. The lowest BCUT2D eigenvalue weighted by atomic mass is 10.0. The second-order valence-corrected chi connectivity index (χ2v) is 10.0. The number of hydrogen-bond acceptors (Lipinski definition) is 5. The van der Waals surface area contributed by atoms with Crippen LogP contribution in [0, 0.1) is 5.92 Å². The lowest BCUT2D eigenvalue weighted by molar-refractivity contribution is -0.135. The smallest absolute Gasteiger partial charge is 0.226 e. The van der Waals surface area contributed by atoms with Gasteiger partial charge in [0.15, 0.2) is 9.84 Å². The van der Waals surface area contributed by atoms with Crippen molar-refractivity contribution < 1.29 is 21.6 Å². The zero-order valence-corrected chi connectivity index (χ0v) is 13.8. The third-order valence-electron chi connectivity index (χ3n) is 4.05. The molecule has 0 aliphatic carbocycles. The maximum atomic E-state index is 12.4. The van der Waals surface area contributed by atoms with Crippen LogP contribution in [0.15, 0.2) is 0 Å². The first-order valence-electron chi connectivity index (χ1n) is 7.13. The Morgan fingerprint density at radius 3 is 2.43 bits per heavy atom. The van der Waals surface area contributed by atoms with E-state index in [1.807, 2.05) is 0 Å². The van der Waals surface area contributed by atoms with Gasteiger partial charge in [0.1, 0.15) is 0 Å². The van der Waals surface area contributed by atoms with E-state index in [0.717, 1.165) is 6.26 Å². The minimum absolute atomic E-state index is 0.0713. The molecule has 0 aromatic rings. The van der Waals surface area contributed by atoms with Gasteiger partial charge in [-0.3, -0.25) is 4.79 Å². The topological polar surface area (TPSA) is 91.8 Å². The SMILES string of the molecule is CS(=O)(=O)N1CCCN(C(=O)C2CCCS(=O)(=O)C2)CC1. The fourth-order valence-corrected chi connectivity index (χ4v) is 5.49. The fourth-order valence-electron chi connectivity index (χ4n) is 2.92. The van der Waals surface area contributed by atoms with Crippen molar-refractivity contribution in [3.05, 3.63) is 0 Å². The Balaban J connectivity index is 2.00. The van der Waals surface area contributed by atoms with Gasteiger partial charge in [0.2, 0.25) is 15.9 Å². The number of hydrogen-bond donors (Lipinski definition) is 0. The molecule has 1 atom stereocenters. The van der Waals surface area contributed by atoms with Gasteiger partial charge in [-0.05, 0) is 19.3 Å². The molecule has 0 radical (unpaired) electrons. The van der Waals surface area contributed by atoms with Crippen molar-refractivity contribution >= 4 is 25.8 Å². The molecule has 0 bridgehead atoms. The Hall–Kier alpha value is -0.670. The van der Waals surface area contributed by atoms with E-state index in [-0.39, 0.29) is 24.0 Å². The summed E-state index contributed by atoms with van der Waals surface area (Å²) in [6, 6.07) is 0. The van der Waals surface area contributed by atoms with Crippen LogP contribution >= 0.6 is 0 Å². The standard InChI is InChI=1S/C12H22N2O5S2/c1-20(16,17)14-6-3-5-13(7-8-14)12(15)11-4-2-9-21(18,19)10-11/h11H,2-10H2,1H3. The van der Waals surface area contributed by atoms with E-state index >= 15 is 0 Å². The van der Waals surface area contributed by atoms with Gasteiger partial charge in [0.05, 0.1) is 23.7 Å². The van der Waals surface area contributed by atoms with Gasteiger partial charge in [-0.25, -0.2) is 21.1 Å². The molecule has 21 heavy (non-hydrogen) atoms. The summed E-state index contributed by atoms with van der Waals surface area (Å²) in [6.45, 7) is 1.51. The van der Waals surface area contributed by atoms with Crippen molar-refractivity contribution in [1.82, 2.24) is 9.21 Å². The minimum atomic E-state index is -3.24. The Bertz CT molecular complexity index is 599. The zero-order valence-electron chi connectivity index (χ0n) is 12.2. The molecule has 9 heteroatoms. The first-order valence-corrected chi connectivity index (χ1v) is 10.8. The summed E-state index contributed by atoms with van der Waals surface area (Å²) < 4.78 is 47.7. The van der Waals surface area contributed by atoms with Gasteiger partial charge >= 0.3 is 0 Å². The van der Waals surface area contributed by atoms with Crippen LogP contribution in [0.25, 0.3) is 0 Å². The molecule has 2 saturated heterocycles. The monoisotopic (exact) mass is 338 g/mol. The number of sulfone groups is 1. The molecule has 2 heterocycles. The Kier molecular flexibility index (Phi) is 4.94. The number of rotatable bonds is 2. The predicted octanol–water partition coefficient (Wildman–Crippen LogP) is -0.695. The summed E-state index contributed by atoms with van der Waals surface area (Å²) in [6.07, 6.45) is 2.88. The summed E-state index contributed by atoms with van der Waals surface area (Å²) >= 11 is 0. The Morgan fingerprint density at radius 1 is 1.10 bits per heavy atom. The molecule has 7 nitrogen and oxygen atoms in total. The first kappa shape index (κ1) is 16.7. The molecule has 122 valence electrons. The highest BCUT2D eigenvalue weighted by Gasteiger charge is 2.33. The molecule has 0 N–H and O–H groups in total. The van der Waals surface area contributed by atoms with E-state index in [0.29, 0.717) is 38.9 Å². The molecule has 2 rings (SSSR count). The van der Waals surface area contributed by atoms with Gasteiger partial charge in [-0.15, -0.1) is 0 Å². The highest BCUT2D eigenvalue weighted by molar-refractivity contribution is 7.91. The maximum Gasteiger partial charge on any atom is 0.226 e. The number of sulfonamides is 1. The van der Waals surface area contributed by atoms with E-state index in [1.165, 1.54) is 4.31 Å². The number of carbonyl (C=O) groups is 1. The van der Waals surface area contributed by atoms with E-state index in [9.17, 15) is 21.6 Å². The lowest BCUT2D eigenvalue weighted by Gasteiger charge is -2.28. The van der Waals surface area contributed by atoms with Crippen molar-refractivity contribution in [2.75, 3.05) is 43.9 Å². The molecular weight excluding hydrogens is 316 g/mol. The molecule has 1 amide bonds. The van der Waals surface area contributed by atoms with Crippen molar-refractivity contribution in [3.63, 3.8) is 0 Å². The molecule has 0 saturated carbocycles. The number of nitrogens with zero attached hydrogens (tertiary/aromatic N) is 2. The van der Waals surface area contributed by atoms with Crippen LogP contribution in [0.2, 0.25) is 0 Å². The second-order valence-electron chi connectivity index (χ2n) is 5.79. The van der Waals surface area contributed by atoms with E-state index in [4.69, 9.17) is 0 Å². The second kappa shape index (κ2) is 6.21. The van der Waals surface area contributed by atoms with Gasteiger partial charge in [-0.2, -0.15) is 0 Å². The third kappa shape index (κ3) is 4.40. The average Bonchev–Trinajstić information content (AvgIpc) is 2.61. The third-order valence-corrected chi connectivity index (χ3v) is 7.17. The van der Waals surface area contributed by atoms with E-state index in [2.05, 4.69) is 0 Å². The van der Waals surface area contributed by atoms with Gasteiger partial charge < -0.3 is 4.90 Å². The highest BCUT2D eigenvalue weighted by Crippen LogP contribution is 2.21. The molecule has 0 aromatic carbocycles. The summed E-state index contributed by atoms with van der Waals surface area (Å²) in [5.74, 6) is -0.515. The van der Waals surface area contributed by atoms with Crippen LogP contribution < -0.4 is 0 Å². The summed E-state index contributed by atoms with van der Waals surface area (Å²) in [7, 11) is -6.35.